The SMILES string of the molecule is CS(=O)(=O)c1ccc(Cl)c(S(=O)(=O)Nc2ccc3[nH]ccc3c2)c1. The highest BCUT2D eigenvalue weighted by Gasteiger charge is 2.21. The lowest BCUT2D eigenvalue weighted by Gasteiger charge is -2.11. The van der Waals surface area contributed by atoms with Crippen molar-refractivity contribution in [3.8, 4) is 0 Å². The molecular formula is C15H13ClN2O4S2. The molecule has 0 fully saturated rings. The standard InChI is InChI=1S/C15H13ClN2O4S2/c1-23(19,20)12-3-4-13(16)15(9-12)24(21,22)18-11-2-5-14-10(8-11)6-7-17-14/h2-9,17-18H,1H3. The molecule has 1 aromatic heterocycles. The topological polar surface area (TPSA) is 96.1 Å². The molecule has 0 aliphatic rings. The third kappa shape index (κ3) is 3.26. The van der Waals surface area contributed by atoms with E-state index in [1.165, 1.54) is 12.1 Å². The predicted octanol–water partition coefficient (Wildman–Crippen LogP) is 3.03. The van der Waals surface area contributed by atoms with Gasteiger partial charge in [-0.3, -0.25) is 4.72 Å². The maximum Gasteiger partial charge on any atom is 0.263 e. The van der Waals surface area contributed by atoms with Gasteiger partial charge < -0.3 is 4.98 Å². The van der Waals surface area contributed by atoms with Crippen LogP contribution in [0.1, 0.15) is 0 Å². The van der Waals surface area contributed by atoms with Gasteiger partial charge in [0.2, 0.25) is 0 Å². The third-order valence-corrected chi connectivity index (χ3v) is 6.40. The molecule has 3 rings (SSSR count). The Balaban J connectivity index is 2.04. The Hall–Kier alpha value is -2.03. The van der Waals surface area contributed by atoms with Crippen LogP contribution in [0.15, 0.2) is 58.5 Å². The van der Waals surface area contributed by atoms with Gasteiger partial charge in [0, 0.05) is 29.0 Å². The van der Waals surface area contributed by atoms with Crippen molar-refractivity contribution in [3.05, 3.63) is 53.7 Å². The molecular weight excluding hydrogens is 372 g/mol. The van der Waals surface area contributed by atoms with Crippen LogP contribution < -0.4 is 4.72 Å². The smallest absolute Gasteiger partial charge is 0.263 e. The fourth-order valence-corrected chi connectivity index (χ4v) is 4.55. The van der Waals surface area contributed by atoms with E-state index in [4.69, 9.17) is 11.6 Å². The van der Waals surface area contributed by atoms with E-state index >= 15 is 0 Å². The van der Waals surface area contributed by atoms with Crippen molar-refractivity contribution in [1.82, 2.24) is 4.98 Å². The fraction of sp³-hybridized carbons (Fsp3) is 0.0667. The lowest BCUT2D eigenvalue weighted by Crippen LogP contribution is -2.14. The minimum atomic E-state index is -4.04. The highest BCUT2D eigenvalue weighted by atomic mass is 35.5. The van der Waals surface area contributed by atoms with Gasteiger partial charge >= 0.3 is 0 Å². The van der Waals surface area contributed by atoms with Crippen molar-refractivity contribution in [2.24, 2.45) is 0 Å². The number of fused-ring (bicyclic) bond motifs is 1. The van der Waals surface area contributed by atoms with E-state index in [2.05, 4.69) is 9.71 Å². The maximum atomic E-state index is 12.6. The lowest BCUT2D eigenvalue weighted by atomic mass is 10.2. The number of hydrogen-bond acceptors (Lipinski definition) is 4. The van der Waals surface area contributed by atoms with E-state index in [9.17, 15) is 16.8 Å². The maximum absolute atomic E-state index is 12.6. The molecule has 0 spiro atoms. The molecule has 6 nitrogen and oxygen atoms in total. The molecule has 2 N–H and O–H groups in total. The summed E-state index contributed by atoms with van der Waals surface area (Å²) < 4.78 is 50.8. The van der Waals surface area contributed by atoms with Crippen LogP contribution in [0.3, 0.4) is 0 Å². The average molecular weight is 385 g/mol. The van der Waals surface area contributed by atoms with Gasteiger partial charge in [0.1, 0.15) is 4.90 Å². The molecule has 0 bridgehead atoms. The Morgan fingerprint density at radius 2 is 1.75 bits per heavy atom. The van der Waals surface area contributed by atoms with Crippen molar-refractivity contribution in [1.29, 1.82) is 0 Å². The Morgan fingerprint density at radius 1 is 1.00 bits per heavy atom. The molecule has 0 radical (unpaired) electrons. The average Bonchev–Trinajstić information content (AvgIpc) is 2.93. The summed E-state index contributed by atoms with van der Waals surface area (Å²) in [6.45, 7) is 0. The van der Waals surface area contributed by atoms with E-state index in [1.807, 2.05) is 6.07 Å². The van der Waals surface area contributed by atoms with E-state index in [1.54, 1.807) is 24.4 Å². The normalized spacial score (nSPS) is 12.4. The van der Waals surface area contributed by atoms with Gasteiger partial charge in [-0.15, -0.1) is 0 Å². The number of sulfonamides is 1. The summed E-state index contributed by atoms with van der Waals surface area (Å²) >= 11 is 5.96. The molecule has 0 unspecified atom stereocenters. The van der Waals surface area contributed by atoms with Gasteiger partial charge in [-0.25, -0.2) is 16.8 Å². The van der Waals surface area contributed by atoms with Crippen LogP contribution in [0.5, 0.6) is 0 Å². The zero-order chi connectivity index (χ0) is 17.5. The van der Waals surface area contributed by atoms with E-state index in [0.29, 0.717) is 5.69 Å². The minimum Gasteiger partial charge on any atom is -0.361 e. The number of rotatable bonds is 4. The number of sulfone groups is 1. The second kappa shape index (κ2) is 5.80. The third-order valence-electron chi connectivity index (χ3n) is 3.43. The molecule has 126 valence electrons. The first-order chi connectivity index (χ1) is 11.2. The van der Waals surface area contributed by atoms with Crippen LogP contribution in [0.2, 0.25) is 5.02 Å². The van der Waals surface area contributed by atoms with Crippen LogP contribution in [0.4, 0.5) is 5.69 Å². The molecule has 0 saturated carbocycles. The Morgan fingerprint density at radius 3 is 2.46 bits per heavy atom. The summed E-state index contributed by atoms with van der Waals surface area (Å²) in [6.07, 6.45) is 2.75. The largest absolute Gasteiger partial charge is 0.361 e. The van der Waals surface area contributed by atoms with Crippen molar-refractivity contribution >= 4 is 48.1 Å². The van der Waals surface area contributed by atoms with E-state index < -0.39 is 19.9 Å². The molecule has 9 heteroatoms. The van der Waals surface area contributed by atoms with Crippen LogP contribution in [0, 0.1) is 0 Å². The molecule has 2 aromatic carbocycles. The number of H-pyrrole nitrogens is 1. The monoisotopic (exact) mass is 384 g/mol. The summed E-state index contributed by atoms with van der Waals surface area (Å²) in [5.74, 6) is 0. The Bertz CT molecular complexity index is 1140. The zero-order valence-corrected chi connectivity index (χ0v) is 14.8. The summed E-state index contributed by atoms with van der Waals surface area (Å²) in [5, 5.41) is 0.781. The first kappa shape index (κ1) is 16.8. The van der Waals surface area contributed by atoms with Crippen LogP contribution in [0.25, 0.3) is 10.9 Å². The summed E-state index contributed by atoms with van der Waals surface area (Å²) in [5.41, 5.74) is 1.22. The van der Waals surface area contributed by atoms with Crippen LogP contribution >= 0.6 is 11.6 Å². The highest BCUT2D eigenvalue weighted by molar-refractivity contribution is 7.93. The number of benzene rings is 2. The van der Waals surface area contributed by atoms with Crippen molar-refractivity contribution < 1.29 is 16.8 Å². The molecule has 24 heavy (non-hydrogen) atoms. The predicted molar refractivity (Wildman–Crippen MR) is 93.7 cm³/mol. The minimum absolute atomic E-state index is 0.0578. The number of aromatic amines is 1. The molecule has 1 heterocycles. The lowest BCUT2D eigenvalue weighted by molar-refractivity contribution is 0.600. The van der Waals surface area contributed by atoms with Gasteiger partial charge in [-0.1, -0.05) is 11.6 Å². The van der Waals surface area contributed by atoms with Crippen LogP contribution in [-0.2, 0) is 19.9 Å². The number of anilines is 1. The molecule has 0 aliphatic heterocycles. The van der Waals surface area contributed by atoms with Crippen molar-refractivity contribution in [2.75, 3.05) is 11.0 Å². The number of nitrogens with one attached hydrogen (secondary N) is 2. The Labute approximate surface area is 144 Å². The second-order valence-corrected chi connectivity index (χ2v) is 9.32. The Kier molecular flexibility index (Phi) is 4.06. The number of aromatic nitrogens is 1. The molecule has 3 aromatic rings. The van der Waals surface area contributed by atoms with Crippen LogP contribution in [-0.4, -0.2) is 28.1 Å². The van der Waals surface area contributed by atoms with Gasteiger partial charge in [0.25, 0.3) is 10.0 Å². The molecule has 0 amide bonds. The number of halogens is 1. The fourth-order valence-electron chi connectivity index (χ4n) is 2.25. The van der Waals surface area contributed by atoms with Gasteiger partial charge in [-0.05, 0) is 42.5 Å². The molecule has 0 saturated heterocycles. The van der Waals surface area contributed by atoms with E-state index in [0.717, 1.165) is 23.2 Å². The highest BCUT2D eigenvalue weighted by Crippen LogP contribution is 2.27. The summed E-state index contributed by atoms with van der Waals surface area (Å²) in [7, 11) is -7.59. The van der Waals surface area contributed by atoms with Gasteiger partial charge in [0.05, 0.1) is 9.92 Å². The molecule has 0 atom stereocenters. The quantitative estimate of drug-likeness (QED) is 0.722. The van der Waals surface area contributed by atoms with Crippen molar-refractivity contribution in [2.45, 2.75) is 9.79 Å². The molecule has 0 aliphatic carbocycles. The van der Waals surface area contributed by atoms with Gasteiger partial charge in [0.15, 0.2) is 9.84 Å². The van der Waals surface area contributed by atoms with Gasteiger partial charge in [-0.2, -0.15) is 0 Å². The van der Waals surface area contributed by atoms with E-state index in [-0.39, 0.29) is 14.8 Å². The summed E-state index contributed by atoms with van der Waals surface area (Å²) in [6, 6.07) is 10.4. The first-order valence-electron chi connectivity index (χ1n) is 6.76. The second-order valence-electron chi connectivity index (χ2n) is 5.25. The summed E-state index contributed by atoms with van der Waals surface area (Å²) in [4.78, 5) is 2.60. The number of hydrogen-bond donors (Lipinski definition) is 2. The van der Waals surface area contributed by atoms with Crippen molar-refractivity contribution in [3.63, 3.8) is 0 Å². The zero-order valence-electron chi connectivity index (χ0n) is 12.4. The first-order valence-corrected chi connectivity index (χ1v) is 10.5.